The Hall–Kier alpha value is -1.97. The Morgan fingerprint density at radius 2 is 1.50 bits per heavy atom. The molecule has 2 aromatic rings. The molecule has 0 aliphatic heterocycles. The van der Waals surface area contributed by atoms with Crippen molar-refractivity contribution in [3.63, 3.8) is 0 Å². The topological polar surface area (TPSA) is 9.23 Å². The molecule has 0 heterocycles. The zero-order chi connectivity index (χ0) is 13.2. The number of benzene rings is 2. The highest BCUT2D eigenvalue weighted by atomic mass is 19.4. The van der Waals surface area contributed by atoms with Gasteiger partial charge in [0.2, 0.25) is 0 Å². The third-order valence-corrected chi connectivity index (χ3v) is 2.54. The molecule has 0 aliphatic rings. The normalized spacial score (nSPS) is 11.3. The van der Waals surface area contributed by atoms with Gasteiger partial charge in [-0.3, -0.25) is 0 Å². The van der Waals surface area contributed by atoms with Gasteiger partial charge in [0, 0.05) is 0 Å². The molecule has 0 fully saturated rings. The monoisotopic (exact) mass is 252 g/mol. The first-order valence-electron chi connectivity index (χ1n) is 5.37. The first-order chi connectivity index (χ1) is 8.46. The summed E-state index contributed by atoms with van der Waals surface area (Å²) >= 11 is 0. The fraction of sp³-hybridized carbons (Fsp3) is 0.143. The minimum Gasteiger partial charge on any atom is -0.406 e. The summed E-state index contributed by atoms with van der Waals surface area (Å²) in [4.78, 5) is 0. The lowest BCUT2D eigenvalue weighted by Gasteiger charge is -2.10. The van der Waals surface area contributed by atoms with Crippen molar-refractivity contribution in [3.05, 3.63) is 54.1 Å². The van der Waals surface area contributed by atoms with E-state index in [4.69, 9.17) is 0 Å². The number of aryl methyl sites for hydroxylation is 1. The summed E-state index contributed by atoms with van der Waals surface area (Å²) in [7, 11) is 0. The second-order valence-corrected chi connectivity index (χ2v) is 3.89. The van der Waals surface area contributed by atoms with Crippen LogP contribution in [0.1, 0.15) is 5.56 Å². The summed E-state index contributed by atoms with van der Waals surface area (Å²) in [5.41, 5.74) is 2.93. The van der Waals surface area contributed by atoms with Crippen molar-refractivity contribution in [1.82, 2.24) is 0 Å². The molecule has 0 aromatic heterocycles. The Morgan fingerprint density at radius 1 is 0.889 bits per heavy atom. The molecule has 4 heteroatoms. The van der Waals surface area contributed by atoms with Crippen LogP contribution in [0.25, 0.3) is 11.1 Å². The van der Waals surface area contributed by atoms with E-state index in [9.17, 15) is 13.2 Å². The van der Waals surface area contributed by atoms with Crippen LogP contribution in [0.5, 0.6) is 5.75 Å². The molecule has 0 saturated carbocycles. The van der Waals surface area contributed by atoms with Crippen molar-refractivity contribution in [1.29, 1.82) is 0 Å². The Morgan fingerprint density at radius 3 is 2.06 bits per heavy atom. The van der Waals surface area contributed by atoms with Gasteiger partial charge in [-0.05, 0) is 35.7 Å². The zero-order valence-electron chi connectivity index (χ0n) is 9.66. The Labute approximate surface area is 103 Å². The second kappa shape index (κ2) is 4.72. The summed E-state index contributed by atoms with van der Waals surface area (Å²) in [5.74, 6) is -0.208. The Balaban J connectivity index is 2.26. The summed E-state index contributed by atoms with van der Waals surface area (Å²) in [6.07, 6.45) is -4.65. The number of rotatable bonds is 2. The van der Waals surface area contributed by atoms with Crippen molar-refractivity contribution in [3.8, 4) is 16.9 Å². The van der Waals surface area contributed by atoms with Gasteiger partial charge in [0.1, 0.15) is 5.75 Å². The largest absolute Gasteiger partial charge is 0.573 e. The lowest BCUT2D eigenvalue weighted by Crippen LogP contribution is -2.16. The summed E-state index contributed by atoms with van der Waals surface area (Å²) in [5, 5.41) is 0. The molecule has 2 aromatic carbocycles. The minimum atomic E-state index is -4.65. The number of ether oxygens (including phenoxy) is 1. The molecule has 94 valence electrons. The van der Waals surface area contributed by atoms with E-state index in [2.05, 4.69) is 4.74 Å². The van der Waals surface area contributed by atoms with Crippen LogP contribution in [0.4, 0.5) is 13.2 Å². The minimum absolute atomic E-state index is 0.208. The van der Waals surface area contributed by atoms with Gasteiger partial charge in [-0.15, -0.1) is 13.2 Å². The average molecular weight is 252 g/mol. The highest BCUT2D eigenvalue weighted by Crippen LogP contribution is 2.27. The number of hydrogen-bond donors (Lipinski definition) is 0. The lowest BCUT2D eigenvalue weighted by atomic mass is 10.0. The van der Waals surface area contributed by atoms with E-state index in [1.54, 1.807) is 12.1 Å². The standard InChI is InChI=1S/C14H11F3O/c1-10-4-2-3-5-13(10)11-6-8-12(9-7-11)18-14(15,16)17/h2-9H,1H3. The molecule has 0 saturated heterocycles. The van der Waals surface area contributed by atoms with E-state index in [1.165, 1.54) is 12.1 Å². The van der Waals surface area contributed by atoms with Gasteiger partial charge in [-0.25, -0.2) is 0 Å². The molecule has 0 amide bonds. The molecule has 18 heavy (non-hydrogen) atoms. The van der Waals surface area contributed by atoms with Gasteiger partial charge >= 0.3 is 6.36 Å². The molecule has 0 spiro atoms. The maximum absolute atomic E-state index is 12.0. The highest BCUT2D eigenvalue weighted by Gasteiger charge is 2.30. The van der Waals surface area contributed by atoms with Crippen LogP contribution in [0.2, 0.25) is 0 Å². The maximum Gasteiger partial charge on any atom is 0.573 e. The molecule has 1 nitrogen and oxygen atoms in total. The van der Waals surface area contributed by atoms with Crippen LogP contribution in [0.3, 0.4) is 0 Å². The molecule has 0 atom stereocenters. The third-order valence-electron chi connectivity index (χ3n) is 2.54. The van der Waals surface area contributed by atoms with Crippen molar-refractivity contribution < 1.29 is 17.9 Å². The lowest BCUT2D eigenvalue weighted by molar-refractivity contribution is -0.274. The quantitative estimate of drug-likeness (QED) is 0.761. The second-order valence-electron chi connectivity index (χ2n) is 3.89. The Kier molecular flexibility index (Phi) is 3.28. The molecule has 0 radical (unpaired) electrons. The van der Waals surface area contributed by atoms with Crippen LogP contribution >= 0.6 is 0 Å². The van der Waals surface area contributed by atoms with Crippen LogP contribution in [0, 0.1) is 6.92 Å². The molecular formula is C14H11F3O. The summed E-state index contributed by atoms with van der Waals surface area (Å²) in [6, 6.07) is 13.5. The summed E-state index contributed by atoms with van der Waals surface area (Å²) < 4.78 is 39.8. The predicted octanol–water partition coefficient (Wildman–Crippen LogP) is 4.56. The number of alkyl halides is 3. The fourth-order valence-corrected chi connectivity index (χ4v) is 1.73. The van der Waals surface area contributed by atoms with E-state index < -0.39 is 6.36 Å². The molecule has 0 N–H and O–H groups in total. The number of hydrogen-bond acceptors (Lipinski definition) is 1. The fourth-order valence-electron chi connectivity index (χ4n) is 1.73. The van der Waals surface area contributed by atoms with Crippen LogP contribution < -0.4 is 4.74 Å². The highest BCUT2D eigenvalue weighted by molar-refractivity contribution is 5.67. The van der Waals surface area contributed by atoms with E-state index in [-0.39, 0.29) is 5.75 Å². The van der Waals surface area contributed by atoms with Crippen molar-refractivity contribution >= 4 is 0 Å². The average Bonchev–Trinajstić information content (AvgIpc) is 2.29. The first kappa shape index (κ1) is 12.5. The first-order valence-corrected chi connectivity index (χ1v) is 5.37. The molecule has 0 bridgehead atoms. The van der Waals surface area contributed by atoms with E-state index in [1.807, 2.05) is 31.2 Å². The van der Waals surface area contributed by atoms with Gasteiger partial charge in [-0.2, -0.15) is 0 Å². The van der Waals surface area contributed by atoms with Gasteiger partial charge in [-0.1, -0.05) is 36.4 Å². The van der Waals surface area contributed by atoms with Crippen molar-refractivity contribution in [2.24, 2.45) is 0 Å². The maximum atomic E-state index is 12.0. The van der Waals surface area contributed by atoms with E-state index in [0.29, 0.717) is 0 Å². The third kappa shape index (κ3) is 3.03. The zero-order valence-corrected chi connectivity index (χ0v) is 9.66. The van der Waals surface area contributed by atoms with E-state index in [0.717, 1.165) is 16.7 Å². The molecule has 0 unspecified atom stereocenters. The molecule has 2 rings (SSSR count). The summed E-state index contributed by atoms with van der Waals surface area (Å²) in [6.45, 7) is 1.95. The van der Waals surface area contributed by atoms with Gasteiger partial charge < -0.3 is 4.74 Å². The van der Waals surface area contributed by atoms with Crippen molar-refractivity contribution in [2.75, 3.05) is 0 Å². The van der Waals surface area contributed by atoms with Crippen LogP contribution in [0.15, 0.2) is 48.5 Å². The molecular weight excluding hydrogens is 241 g/mol. The van der Waals surface area contributed by atoms with E-state index >= 15 is 0 Å². The van der Waals surface area contributed by atoms with Gasteiger partial charge in [0.05, 0.1) is 0 Å². The smallest absolute Gasteiger partial charge is 0.406 e. The van der Waals surface area contributed by atoms with Crippen molar-refractivity contribution in [2.45, 2.75) is 13.3 Å². The number of halogens is 3. The van der Waals surface area contributed by atoms with Crippen LogP contribution in [-0.4, -0.2) is 6.36 Å². The SMILES string of the molecule is Cc1ccccc1-c1ccc(OC(F)(F)F)cc1. The van der Waals surface area contributed by atoms with Crippen LogP contribution in [-0.2, 0) is 0 Å². The van der Waals surface area contributed by atoms with Gasteiger partial charge in [0.15, 0.2) is 0 Å². The molecule has 0 aliphatic carbocycles. The van der Waals surface area contributed by atoms with Gasteiger partial charge in [0.25, 0.3) is 0 Å². The predicted molar refractivity (Wildman–Crippen MR) is 63.3 cm³/mol. The Bertz CT molecular complexity index is 529.